The van der Waals surface area contributed by atoms with E-state index in [4.69, 9.17) is 0 Å². The summed E-state index contributed by atoms with van der Waals surface area (Å²) in [6.45, 7) is 0. The summed E-state index contributed by atoms with van der Waals surface area (Å²) in [6, 6.07) is 12.9. The molecule has 2 amide bonds. The first-order chi connectivity index (χ1) is 11.1. The van der Waals surface area contributed by atoms with Gasteiger partial charge in [-0.1, -0.05) is 18.2 Å². The van der Waals surface area contributed by atoms with Crippen LogP contribution >= 0.6 is 22.7 Å². The Morgan fingerprint density at radius 1 is 0.870 bits per heavy atom. The number of nitrogens with one attached hydrogen (secondary N) is 2. The number of hydrogen-bond acceptors (Lipinski definition) is 4. The SMILES string of the molecule is O=C(NNC(=O)c1ccc(-c2ccc(F)cc2)s1)c1cccs1. The molecule has 0 saturated heterocycles. The average molecular weight is 346 g/mol. The van der Waals surface area contributed by atoms with E-state index in [-0.39, 0.29) is 11.7 Å². The predicted octanol–water partition coefficient (Wildman–Crippen LogP) is 3.69. The molecule has 23 heavy (non-hydrogen) atoms. The van der Waals surface area contributed by atoms with Crippen molar-refractivity contribution in [2.75, 3.05) is 0 Å². The zero-order chi connectivity index (χ0) is 16.2. The van der Waals surface area contributed by atoms with Gasteiger partial charge in [-0.15, -0.1) is 22.7 Å². The zero-order valence-electron chi connectivity index (χ0n) is 11.7. The van der Waals surface area contributed by atoms with E-state index in [1.165, 1.54) is 34.8 Å². The molecule has 7 heteroatoms. The summed E-state index contributed by atoms with van der Waals surface area (Å²) in [7, 11) is 0. The molecule has 0 spiro atoms. The lowest BCUT2D eigenvalue weighted by atomic mass is 10.2. The van der Waals surface area contributed by atoms with Crippen LogP contribution in [0.25, 0.3) is 10.4 Å². The van der Waals surface area contributed by atoms with Crippen molar-refractivity contribution in [2.45, 2.75) is 0 Å². The van der Waals surface area contributed by atoms with Gasteiger partial charge in [0.15, 0.2) is 0 Å². The van der Waals surface area contributed by atoms with Crippen molar-refractivity contribution in [3.63, 3.8) is 0 Å². The molecule has 2 aromatic heterocycles. The third-order valence-corrected chi connectivity index (χ3v) is 4.99. The van der Waals surface area contributed by atoms with Crippen LogP contribution in [0.2, 0.25) is 0 Å². The molecule has 2 heterocycles. The Morgan fingerprint density at radius 2 is 1.57 bits per heavy atom. The molecule has 0 fully saturated rings. The maximum atomic E-state index is 12.9. The molecule has 0 aliphatic carbocycles. The van der Waals surface area contributed by atoms with Crippen molar-refractivity contribution in [2.24, 2.45) is 0 Å². The fraction of sp³-hybridized carbons (Fsp3) is 0. The second-order valence-corrected chi connectivity index (χ2v) is 6.59. The van der Waals surface area contributed by atoms with Gasteiger partial charge in [-0.05, 0) is 41.3 Å². The third kappa shape index (κ3) is 3.64. The van der Waals surface area contributed by atoms with Gasteiger partial charge < -0.3 is 0 Å². The fourth-order valence-electron chi connectivity index (χ4n) is 1.87. The van der Waals surface area contributed by atoms with E-state index in [1.54, 1.807) is 41.8 Å². The Morgan fingerprint density at radius 3 is 2.22 bits per heavy atom. The van der Waals surface area contributed by atoms with Crippen molar-refractivity contribution >= 4 is 34.5 Å². The van der Waals surface area contributed by atoms with Gasteiger partial charge in [-0.2, -0.15) is 0 Å². The number of benzene rings is 1. The monoisotopic (exact) mass is 346 g/mol. The standard InChI is InChI=1S/C16H11FN2O2S2/c17-11-5-3-10(4-6-11)12-7-8-14(23-12)16(21)19-18-15(20)13-2-1-9-22-13/h1-9H,(H,18,20)(H,19,21). The lowest BCUT2D eigenvalue weighted by Crippen LogP contribution is -2.41. The molecule has 0 saturated carbocycles. The van der Waals surface area contributed by atoms with E-state index in [1.807, 2.05) is 0 Å². The number of carbonyl (C=O) groups is 2. The first-order valence-corrected chi connectivity index (χ1v) is 8.33. The van der Waals surface area contributed by atoms with Gasteiger partial charge in [0.2, 0.25) is 0 Å². The number of halogens is 1. The number of amides is 2. The van der Waals surface area contributed by atoms with Crippen LogP contribution in [0.15, 0.2) is 53.9 Å². The largest absolute Gasteiger partial charge is 0.279 e. The number of hydrogen-bond donors (Lipinski definition) is 2. The lowest BCUT2D eigenvalue weighted by Gasteiger charge is -2.04. The Kier molecular flexibility index (Phi) is 4.50. The second-order valence-electron chi connectivity index (χ2n) is 4.56. The summed E-state index contributed by atoms with van der Waals surface area (Å²) >= 11 is 2.56. The maximum Gasteiger partial charge on any atom is 0.279 e. The smallest absolute Gasteiger partial charge is 0.266 e. The summed E-state index contributed by atoms with van der Waals surface area (Å²) < 4.78 is 12.9. The van der Waals surface area contributed by atoms with E-state index in [2.05, 4.69) is 10.9 Å². The minimum absolute atomic E-state index is 0.306. The minimum atomic E-state index is -0.395. The van der Waals surface area contributed by atoms with Crippen LogP contribution in [-0.4, -0.2) is 11.8 Å². The number of rotatable bonds is 3. The van der Waals surface area contributed by atoms with Gasteiger partial charge in [-0.25, -0.2) is 4.39 Å². The van der Waals surface area contributed by atoms with E-state index in [0.29, 0.717) is 9.75 Å². The van der Waals surface area contributed by atoms with Gasteiger partial charge >= 0.3 is 0 Å². The normalized spacial score (nSPS) is 10.3. The molecule has 3 rings (SSSR count). The van der Waals surface area contributed by atoms with Crippen LogP contribution in [0.5, 0.6) is 0 Å². The Bertz CT molecular complexity index is 826. The Hall–Kier alpha value is -2.51. The molecular weight excluding hydrogens is 335 g/mol. The van der Waals surface area contributed by atoms with E-state index < -0.39 is 5.91 Å². The molecule has 0 atom stereocenters. The predicted molar refractivity (Wildman–Crippen MR) is 89.0 cm³/mol. The molecule has 116 valence electrons. The van der Waals surface area contributed by atoms with Crippen molar-refractivity contribution in [1.29, 1.82) is 0 Å². The van der Waals surface area contributed by atoms with Crippen molar-refractivity contribution in [1.82, 2.24) is 10.9 Å². The van der Waals surface area contributed by atoms with Crippen molar-refractivity contribution in [3.8, 4) is 10.4 Å². The highest BCUT2D eigenvalue weighted by Gasteiger charge is 2.12. The molecule has 0 bridgehead atoms. The summed E-state index contributed by atoms with van der Waals surface area (Å²) in [6.07, 6.45) is 0. The van der Waals surface area contributed by atoms with Gasteiger partial charge in [0.1, 0.15) is 5.82 Å². The highest BCUT2D eigenvalue weighted by molar-refractivity contribution is 7.17. The number of hydrazine groups is 1. The maximum absolute atomic E-state index is 12.9. The molecule has 0 unspecified atom stereocenters. The first kappa shape index (κ1) is 15.4. The highest BCUT2D eigenvalue weighted by Crippen LogP contribution is 2.28. The molecule has 2 N–H and O–H groups in total. The molecule has 0 aliphatic heterocycles. The molecular formula is C16H11FN2O2S2. The highest BCUT2D eigenvalue weighted by atomic mass is 32.1. The molecule has 0 radical (unpaired) electrons. The molecule has 0 aliphatic rings. The summed E-state index contributed by atoms with van der Waals surface area (Å²) in [4.78, 5) is 25.6. The topological polar surface area (TPSA) is 58.2 Å². The summed E-state index contributed by atoms with van der Waals surface area (Å²) in [5, 5.41) is 1.78. The molecule has 3 aromatic rings. The lowest BCUT2D eigenvalue weighted by molar-refractivity contribution is 0.0851. The third-order valence-electron chi connectivity index (χ3n) is 2.99. The van der Waals surface area contributed by atoms with Crippen LogP contribution in [0.4, 0.5) is 4.39 Å². The van der Waals surface area contributed by atoms with Crippen LogP contribution in [-0.2, 0) is 0 Å². The Balaban J connectivity index is 1.64. The fourth-order valence-corrected chi connectivity index (χ4v) is 3.40. The van der Waals surface area contributed by atoms with E-state index in [9.17, 15) is 14.0 Å². The van der Waals surface area contributed by atoms with E-state index >= 15 is 0 Å². The second kappa shape index (κ2) is 6.72. The average Bonchev–Trinajstić information content (AvgIpc) is 3.24. The molecule has 4 nitrogen and oxygen atoms in total. The van der Waals surface area contributed by atoms with Crippen molar-refractivity contribution in [3.05, 3.63) is 69.5 Å². The van der Waals surface area contributed by atoms with Crippen LogP contribution in [0.1, 0.15) is 19.3 Å². The zero-order valence-corrected chi connectivity index (χ0v) is 13.3. The summed E-state index contributed by atoms with van der Waals surface area (Å²) in [5.74, 6) is -1.06. The molecule has 1 aromatic carbocycles. The van der Waals surface area contributed by atoms with Gasteiger partial charge in [0, 0.05) is 4.88 Å². The van der Waals surface area contributed by atoms with Crippen LogP contribution in [0.3, 0.4) is 0 Å². The Labute approximate surface area is 139 Å². The van der Waals surface area contributed by atoms with Gasteiger partial charge in [-0.3, -0.25) is 20.4 Å². The van der Waals surface area contributed by atoms with Gasteiger partial charge in [0.25, 0.3) is 11.8 Å². The van der Waals surface area contributed by atoms with Crippen LogP contribution in [0, 0.1) is 5.82 Å². The minimum Gasteiger partial charge on any atom is -0.266 e. The number of carbonyl (C=O) groups excluding carboxylic acids is 2. The summed E-state index contributed by atoms with van der Waals surface area (Å²) in [5.41, 5.74) is 5.58. The number of thiophene rings is 2. The first-order valence-electron chi connectivity index (χ1n) is 6.63. The quantitative estimate of drug-likeness (QED) is 0.711. The van der Waals surface area contributed by atoms with Gasteiger partial charge in [0.05, 0.1) is 9.75 Å². The van der Waals surface area contributed by atoms with E-state index in [0.717, 1.165) is 10.4 Å². The van der Waals surface area contributed by atoms with Crippen LogP contribution < -0.4 is 10.9 Å². The van der Waals surface area contributed by atoms with Crippen molar-refractivity contribution < 1.29 is 14.0 Å².